The minimum atomic E-state index is -3.37. The molecule has 21 heavy (non-hydrogen) atoms. The molecule has 0 radical (unpaired) electrons. The van der Waals surface area contributed by atoms with Gasteiger partial charge < -0.3 is 15.8 Å². The standard InChI is InChI=1S/C14H21N3O3S/c1-17(12-5-3-6-12)8-9-21(19,20)13-7-2-4-11(10-13)14(15)16-18/h2,4,7,10,12,18H,3,5-6,8-9H2,1H3,(H2,15,16). The highest BCUT2D eigenvalue weighted by atomic mass is 32.2. The number of rotatable bonds is 6. The highest BCUT2D eigenvalue weighted by Crippen LogP contribution is 2.23. The van der Waals surface area contributed by atoms with Crippen molar-refractivity contribution < 1.29 is 13.6 Å². The van der Waals surface area contributed by atoms with Crippen LogP contribution in [0.5, 0.6) is 0 Å². The van der Waals surface area contributed by atoms with Gasteiger partial charge in [-0.2, -0.15) is 0 Å². The van der Waals surface area contributed by atoms with E-state index < -0.39 is 9.84 Å². The molecule has 1 aliphatic carbocycles. The van der Waals surface area contributed by atoms with Gasteiger partial charge in [-0.15, -0.1) is 0 Å². The molecule has 0 aromatic heterocycles. The van der Waals surface area contributed by atoms with Gasteiger partial charge in [0, 0.05) is 18.2 Å². The van der Waals surface area contributed by atoms with E-state index in [1.165, 1.54) is 18.6 Å². The van der Waals surface area contributed by atoms with E-state index in [1.54, 1.807) is 12.1 Å². The summed E-state index contributed by atoms with van der Waals surface area (Å²) in [7, 11) is -1.41. The Morgan fingerprint density at radius 1 is 1.48 bits per heavy atom. The second kappa shape index (κ2) is 6.44. The van der Waals surface area contributed by atoms with Crippen molar-refractivity contribution in [3.05, 3.63) is 29.8 Å². The molecule has 0 unspecified atom stereocenters. The summed E-state index contributed by atoms with van der Waals surface area (Å²) in [5.41, 5.74) is 5.89. The van der Waals surface area contributed by atoms with E-state index in [1.807, 2.05) is 7.05 Å². The Bertz CT molecular complexity index is 624. The number of nitrogens with two attached hydrogens (primary N) is 1. The monoisotopic (exact) mass is 311 g/mol. The van der Waals surface area contributed by atoms with Crippen molar-refractivity contribution in [1.29, 1.82) is 0 Å². The molecule has 116 valence electrons. The lowest BCUT2D eigenvalue weighted by atomic mass is 9.92. The summed E-state index contributed by atoms with van der Waals surface area (Å²) in [5, 5.41) is 11.5. The van der Waals surface area contributed by atoms with Gasteiger partial charge in [0.25, 0.3) is 0 Å². The highest BCUT2D eigenvalue weighted by molar-refractivity contribution is 7.91. The second-order valence-electron chi connectivity index (χ2n) is 5.40. The minimum absolute atomic E-state index is 0.0691. The van der Waals surface area contributed by atoms with Crippen LogP contribution in [0.1, 0.15) is 24.8 Å². The van der Waals surface area contributed by atoms with Gasteiger partial charge in [-0.05, 0) is 32.0 Å². The normalized spacial score (nSPS) is 17.0. The van der Waals surface area contributed by atoms with Gasteiger partial charge in [-0.1, -0.05) is 23.7 Å². The summed E-state index contributed by atoms with van der Waals surface area (Å²) < 4.78 is 24.7. The number of amidine groups is 1. The van der Waals surface area contributed by atoms with Gasteiger partial charge >= 0.3 is 0 Å². The van der Waals surface area contributed by atoms with Gasteiger partial charge in [-0.3, -0.25) is 0 Å². The third-order valence-electron chi connectivity index (χ3n) is 4.01. The second-order valence-corrected chi connectivity index (χ2v) is 7.51. The summed E-state index contributed by atoms with van der Waals surface area (Å²) >= 11 is 0. The maximum absolute atomic E-state index is 12.4. The quantitative estimate of drug-likeness (QED) is 0.354. The summed E-state index contributed by atoms with van der Waals surface area (Å²) in [6.45, 7) is 0.515. The lowest BCUT2D eigenvalue weighted by molar-refractivity contribution is 0.168. The number of hydrogen-bond donors (Lipinski definition) is 2. The van der Waals surface area contributed by atoms with E-state index in [9.17, 15) is 8.42 Å². The van der Waals surface area contributed by atoms with Crippen molar-refractivity contribution in [2.24, 2.45) is 10.9 Å². The van der Waals surface area contributed by atoms with Crippen LogP contribution in [0, 0.1) is 0 Å². The van der Waals surface area contributed by atoms with Crippen molar-refractivity contribution in [2.75, 3.05) is 19.3 Å². The van der Waals surface area contributed by atoms with E-state index in [0.29, 0.717) is 18.2 Å². The van der Waals surface area contributed by atoms with Gasteiger partial charge in [-0.25, -0.2) is 8.42 Å². The molecule has 6 nitrogen and oxygen atoms in total. The molecule has 0 spiro atoms. The fourth-order valence-corrected chi connectivity index (χ4v) is 3.66. The van der Waals surface area contributed by atoms with Crippen LogP contribution in [-0.2, 0) is 9.84 Å². The summed E-state index contributed by atoms with van der Waals surface area (Å²) in [6.07, 6.45) is 3.52. The Hall–Kier alpha value is -1.60. The molecule has 3 N–H and O–H groups in total. The average Bonchev–Trinajstić information content (AvgIpc) is 2.42. The average molecular weight is 311 g/mol. The highest BCUT2D eigenvalue weighted by Gasteiger charge is 2.24. The molecule has 0 heterocycles. The van der Waals surface area contributed by atoms with E-state index in [4.69, 9.17) is 10.9 Å². The molecule has 0 bridgehead atoms. The van der Waals surface area contributed by atoms with E-state index in [0.717, 1.165) is 12.8 Å². The zero-order valence-electron chi connectivity index (χ0n) is 12.1. The van der Waals surface area contributed by atoms with Crippen molar-refractivity contribution >= 4 is 15.7 Å². The molecule has 7 heteroatoms. The molecule has 1 aromatic rings. The van der Waals surface area contributed by atoms with Crippen molar-refractivity contribution in [1.82, 2.24) is 4.90 Å². The van der Waals surface area contributed by atoms with Crippen LogP contribution in [-0.4, -0.2) is 49.7 Å². The van der Waals surface area contributed by atoms with Gasteiger partial charge in [0.2, 0.25) is 0 Å². The number of sulfone groups is 1. The molecule has 2 rings (SSSR count). The van der Waals surface area contributed by atoms with Crippen LogP contribution in [0.3, 0.4) is 0 Å². The first kappa shape index (κ1) is 15.8. The first-order chi connectivity index (χ1) is 9.94. The topological polar surface area (TPSA) is 96.0 Å². The molecule has 0 atom stereocenters. The predicted octanol–water partition coefficient (Wildman–Crippen LogP) is 1.04. The first-order valence-corrected chi connectivity index (χ1v) is 8.60. The number of hydrogen-bond acceptors (Lipinski definition) is 5. The number of nitrogens with zero attached hydrogens (tertiary/aromatic N) is 2. The Labute approximate surface area is 125 Å². The van der Waals surface area contributed by atoms with Crippen LogP contribution in [0.2, 0.25) is 0 Å². The van der Waals surface area contributed by atoms with E-state index in [-0.39, 0.29) is 16.5 Å². The zero-order valence-corrected chi connectivity index (χ0v) is 12.9. The molecule has 0 amide bonds. The van der Waals surface area contributed by atoms with Crippen LogP contribution in [0.15, 0.2) is 34.3 Å². The van der Waals surface area contributed by atoms with Crippen LogP contribution in [0.4, 0.5) is 0 Å². The Kier molecular flexibility index (Phi) is 4.84. The fourth-order valence-electron chi connectivity index (χ4n) is 2.30. The largest absolute Gasteiger partial charge is 0.409 e. The summed E-state index contributed by atoms with van der Waals surface area (Å²) in [6, 6.07) is 6.69. The third kappa shape index (κ3) is 3.74. The molecular weight excluding hydrogens is 290 g/mol. The molecule has 1 fully saturated rings. The van der Waals surface area contributed by atoms with Gasteiger partial charge in [0.05, 0.1) is 10.6 Å². The Morgan fingerprint density at radius 3 is 2.76 bits per heavy atom. The number of oxime groups is 1. The van der Waals surface area contributed by atoms with Crippen LogP contribution < -0.4 is 5.73 Å². The maximum Gasteiger partial charge on any atom is 0.179 e. The molecule has 0 aliphatic heterocycles. The summed E-state index contributed by atoms with van der Waals surface area (Å²) in [5.74, 6) is -0.0294. The molecule has 1 aliphatic rings. The zero-order chi connectivity index (χ0) is 15.5. The SMILES string of the molecule is CN(CCS(=O)(=O)c1cccc(/C(N)=N/O)c1)C1CCC1. The molecular formula is C14H21N3O3S. The first-order valence-electron chi connectivity index (χ1n) is 6.95. The fraction of sp³-hybridized carbons (Fsp3) is 0.500. The van der Waals surface area contributed by atoms with Crippen LogP contribution >= 0.6 is 0 Å². The third-order valence-corrected chi connectivity index (χ3v) is 5.70. The van der Waals surface area contributed by atoms with Gasteiger partial charge in [0.15, 0.2) is 15.7 Å². The predicted molar refractivity (Wildman–Crippen MR) is 81.3 cm³/mol. The lowest BCUT2D eigenvalue weighted by Gasteiger charge is -2.34. The lowest BCUT2D eigenvalue weighted by Crippen LogP contribution is -2.39. The van der Waals surface area contributed by atoms with E-state index in [2.05, 4.69) is 10.1 Å². The van der Waals surface area contributed by atoms with Gasteiger partial charge in [0.1, 0.15) is 0 Å². The maximum atomic E-state index is 12.4. The summed E-state index contributed by atoms with van der Waals surface area (Å²) in [4.78, 5) is 2.31. The molecule has 1 aromatic carbocycles. The van der Waals surface area contributed by atoms with E-state index >= 15 is 0 Å². The van der Waals surface area contributed by atoms with Crippen molar-refractivity contribution in [2.45, 2.75) is 30.2 Å². The smallest absolute Gasteiger partial charge is 0.179 e. The van der Waals surface area contributed by atoms with Crippen LogP contribution in [0.25, 0.3) is 0 Å². The number of benzene rings is 1. The Morgan fingerprint density at radius 2 is 2.19 bits per heavy atom. The van der Waals surface area contributed by atoms with Crippen molar-refractivity contribution in [3.8, 4) is 0 Å². The minimum Gasteiger partial charge on any atom is -0.409 e. The Balaban J connectivity index is 2.08. The molecule has 1 saturated carbocycles. The van der Waals surface area contributed by atoms with Crippen molar-refractivity contribution in [3.63, 3.8) is 0 Å². The molecule has 0 saturated heterocycles.